The molecule has 0 fully saturated rings. The van der Waals surface area contributed by atoms with E-state index in [9.17, 15) is 13.2 Å². The average molecular weight is 456 g/mol. The molecule has 0 aliphatic heterocycles. The maximum absolute atomic E-state index is 13.3. The summed E-state index contributed by atoms with van der Waals surface area (Å²) in [5.74, 6) is -0.572. The van der Waals surface area contributed by atoms with Gasteiger partial charge in [0.15, 0.2) is 0 Å². The highest BCUT2D eigenvalue weighted by molar-refractivity contribution is 7.92. The third kappa shape index (κ3) is 5.71. The van der Waals surface area contributed by atoms with Crippen LogP contribution in [0.1, 0.15) is 16.7 Å². The summed E-state index contributed by atoms with van der Waals surface area (Å²) >= 11 is 6.03. The minimum atomic E-state index is -3.99. The number of sulfonamides is 1. The van der Waals surface area contributed by atoms with E-state index in [0.717, 1.165) is 15.4 Å². The quantitative estimate of drug-likeness (QED) is 0.426. The van der Waals surface area contributed by atoms with Gasteiger partial charge >= 0.3 is 0 Å². The fourth-order valence-corrected chi connectivity index (χ4v) is 4.75. The second kappa shape index (κ2) is 9.76. The first-order valence-corrected chi connectivity index (χ1v) is 11.3. The van der Waals surface area contributed by atoms with Gasteiger partial charge in [-0.15, -0.1) is 0 Å². The van der Waals surface area contributed by atoms with E-state index in [-0.39, 0.29) is 4.90 Å². The van der Waals surface area contributed by atoms with Crippen molar-refractivity contribution in [2.75, 3.05) is 10.8 Å². The Bertz CT molecular complexity index is 1210. The highest BCUT2D eigenvalue weighted by atomic mass is 35.5. The second-order valence-corrected chi connectivity index (χ2v) is 9.26. The van der Waals surface area contributed by atoms with Gasteiger partial charge in [0, 0.05) is 5.02 Å². The second-order valence-electron chi connectivity index (χ2n) is 6.96. The van der Waals surface area contributed by atoms with Gasteiger partial charge in [-0.3, -0.25) is 9.10 Å². The summed E-state index contributed by atoms with van der Waals surface area (Å²) in [6, 6.07) is 20.4. The lowest BCUT2D eigenvalue weighted by Gasteiger charge is -2.25. The van der Waals surface area contributed by atoms with Gasteiger partial charge in [0.05, 0.1) is 16.8 Å². The molecule has 0 saturated heterocycles. The number of anilines is 1. The first-order valence-electron chi connectivity index (χ1n) is 9.50. The summed E-state index contributed by atoms with van der Waals surface area (Å²) in [4.78, 5) is 12.7. The molecule has 1 amide bonds. The van der Waals surface area contributed by atoms with Crippen molar-refractivity contribution in [3.63, 3.8) is 0 Å². The largest absolute Gasteiger partial charge is 0.271 e. The van der Waals surface area contributed by atoms with Gasteiger partial charge < -0.3 is 0 Å². The monoisotopic (exact) mass is 455 g/mol. The maximum atomic E-state index is 13.3. The first-order chi connectivity index (χ1) is 14.8. The summed E-state index contributed by atoms with van der Waals surface area (Å²) in [5, 5.41) is 4.43. The molecule has 31 heavy (non-hydrogen) atoms. The predicted octanol–water partition coefficient (Wildman–Crippen LogP) is 4.30. The Morgan fingerprint density at radius 1 is 1.03 bits per heavy atom. The van der Waals surface area contributed by atoms with Gasteiger partial charge in [0.25, 0.3) is 15.9 Å². The van der Waals surface area contributed by atoms with Crippen LogP contribution in [0.5, 0.6) is 0 Å². The molecule has 0 aromatic heterocycles. The number of aryl methyl sites for hydroxylation is 2. The van der Waals surface area contributed by atoms with E-state index in [0.29, 0.717) is 16.3 Å². The third-order valence-corrected chi connectivity index (χ3v) is 6.50. The van der Waals surface area contributed by atoms with Gasteiger partial charge in [0.1, 0.15) is 6.54 Å². The zero-order valence-corrected chi connectivity index (χ0v) is 18.7. The van der Waals surface area contributed by atoms with E-state index in [1.165, 1.54) is 18.3 Å². The van der Waals surface area contributed by atoms with Crippen LogP contribution in [0.15, 0.2) is 82.8 Å². The number of hydrogen-bond donors (Lipinski definition) is 1. The zero-order valence-electron chi connectivity index (χ0n) is 17.1. The minimum absolute atomic E-state index is 0.0837. The SMILES string of the molecule is Cc1cccc(/C=N\NC(=O)CN(c2ccc(Cl)cc2C)S(=O)(=O)c2ccccc2)c1. The van der Waals surface area contributed by atoms with E-state index in [2.05, 4.69) is 10.5 Å². The van der Waals surface area contributed by atoms with Crippen molar-refractivity contribution in [3.05, 3.63) is 94.5 Å². The molecule has 3 rings (SSSR count). The normalized spacial score (nSPS) is 11.5. The van der Waals surface area contributed by atoms with Crippen LogP contribution in [0.4, 0.5) is 5.69 Å². The van der Waals surface area contributed by atoms with E-state index in [4.69, 9.17) is 11.6 Å². The van der Waals surface area contributed by atoms with Crippen molar-refractivity contribution in [2.45, 2.75) is 18.7 Å². The predicted molar refractivity (Wildman–Crippen MR) is 124 cm³/mol. The number of halogens is 1. The summed E-state index contributed by atoms with van der Waals surface area (Å²) < 4.78 is 27.7. The van der Waals surface area contributed by atoms with Gasteiger partial charge in [-0.1, -0.05) is 59.6 Å². The van der Waals surface area contributed by atoms with E-state index >= 15 is 0 Å². The lowest BCUT2D eigenvalue weighted by Crippen LogP contribution is -2.40. The van der Waals surface area contributed by atoms with Crippen molar-refractivity contribution in [2.24, 2.45) is 5.10 Å². The Labute approximate surface area is 187 Å². The van der Waals surface area contributed by atoms with Crippen LogP contribution >= 0.6 is 11.6 Å². The maximum Gasteiger partial charge on any atom is 0.264 e. The Morgan fingerprint density at radius 3 is 2.45 bits per heavy atom. The molecule has 6 nitrogen and oxygen atoms in total. The van der Waals surface area contributed by atoms with Gasteiger partial charge in [-0.25, -0.2) is 13.8 Å². The van der Waals surface area contributed by atoms with Gasteiger partial charge in [-0.05, 0) is 55.3 Å². The molecule has 0 aliphatic rings. The summed E-state index contributed by atoms with van der Waals surface area (Å²) in [7, 11) is -3.99. The third-order valence-electron chi connectivity index (χ3n) is 4.49. The van der Waals surface area contributed by atoms with E-state index in [1.54, 1.807) is 43.3 Å². The smallest absolute Gasteiger partial charge is 0.264 e. The number of carbonyl (C=O) groups excluding carboxylic acids is 1. The molecule has 0 spiro atoms. The number of hydrazone groups is 1. The molecule has 0 heterocycles. The summed E-state index contributed by atoms with van der Waals surface area (Å²) in [6.45, 7) is 3.25. The molecule has 0 saturated carbocycles. The number of nitrogens with zero attached hydrogens (tertiary/aromatic N) is 2. The zero-order chi connectivity index (χ0) is 22.4. The number of benzene rings is 3. The fraction of sp³-hybridized carbons (Fsp3) is 0.130. The number of carbonyl (C=O) groups is 1. The van der Waals surface area contributed by atoms with Crippen LogP contribution < -0.4 is 9.73 Å². The van der Waals surface area contributed by atoms with Crippen molar-refractivity contribution < 1.29 is 13.2 Å². The molecule has 0 atom stereocenters. The van der Waals surface area contributed by atoms with Gasteiger partial charge in [0.2, 0.25) is 0 Å². The summed E-state index contributed by atoms with van der Waals surface area (Å²) in [6.07, 6.45) is 1.51. The van der Waals surface area contributed by atoms with Crippen molar-refractivity contribution in [1.29, 1.82) is 0 Å². The number of amides is 1. The van der Waals surface area contributed by atoms with E-state index < -0.39 is 22.5 Å². The number of hydrogen-bond acceptors (Lipinski definition) is 4. The molecular weight excluding hydrogens is 434 g/mol. The Balaban J connectivity index is 1.87. The lowest BCUT2D eigenvalue weighted by atomic mass is 10.2. The highest BCUT2D eigenvalue weighted by Crippen LogP contribution is 2.28. The van der Waals surface area contributed by atoms with E-state index in [1.807, 2.05) is 31.2 Å². The van der Waals surface area contributed by atoms with Crippen LogP contribution in [-0.2, 0) is 14.8 Å². The Hall–Kier alpha value is -3.16. The van der Waals surface area contributed by atoms with Crippen molar-refractivity contribution >= 4 is 39.4 Å². The molecule has 1 N–H and O–H groups in total. The number of nitrogens with one attached hydrogen (secondary N) is 1. The van der Waals surface area contributed by atoms with Crippen LogP contribution in [0.3, 0.4) is 0 Å². The molecular formula is C23H22ClN3O3S. The molecule has 0 bridgehead atoms. The van der Waals surface area contributed by atoms with Crippen molar-refractivity contribution in [1.82, 2.24) is 5.43 Å². The fourth-order valence-electron chi connectivity index (χ4n) is 3.01. The first kappa shape index (κ1) is 22.5. The molecule has 0 unspecified atom stereocenters. The summed E-state index contributed by atoms with van der Waals surface area (Å²) in [5.41, 5.74) is 5.28. The van der Waals surface area contributed by atoms with Crippen LogP contribution in [0, 0.1) is 13.8 Å². The van der Waals surface area contributed by atoms with Crippen LogP contribution in [0.25, 0.3) is 0 Å². The number of rotatable bonds is 7. The van der Waals surface area contributed by atoms with Gasteiger partial charge in [-0.2, -0.15) is 5.10 Å². The Kier molecular flexibility index (Phi) is 7.09. The topological polar surface area (TPSA) is 78.8 Å². The van der Waals surface area contributed by atoms with Crippen LogP contribution in [-0.4, -0.2) is 27.1 Å². The molecule has 0 aliphatic carbocycles. The van der Waals surface area contributed by atoms with Crippen LogP contribution in [0.2, 0.25) is 5.02 Å². The molecule has 3 aromatic rings. The molecule has 0 radical (unpaired) electrons. The standard InChI is InChI=1S/C23H22ClN3O3S/c1-17-7-6-8-19(13-17)15-25-26-23(28)16-27(22-12-11-20(24)14-18(22)2)31(29,30)21-9-4-3-5-10-21/h3-15H,16H2,1-2H3,(H,26,28)/b25-15-. The lowest BCUT2D eigenvalue weighted by molar-refractivity contribution is -0.119. The average Bonchev–Trinajstić information content (AvgIpc) is 2.73. The molecule has 3 aromatic carbocycles. The molecule has 8 heteroatoms. The minimum Gasteiger partial charge on any atom is -0.271 e. The van der Waals surface area contributed by atoms with Crippen molar-refractivity contribution in [3.8, 4) is 0 Å². The molecule has 160 valence electrons. The highest BCUT2D eigenvalue weighted by Gasteiger charge is 2.28. The Morgan fingerprint density at radius 2 is 1.77 bits per heavy atom.